The first-order valence-electron chi connectivity index (χ1n) is 4.23. The van der Waals surface area contributed by atoms with E-state index in [2.05, 4.69) is 15.1 Å². The number of nitrogens with zero attached hydrogens (tertiary/aromatic N) is 4. The number of hydrogen-bond acceptors (Lipinski definition) is 4. The van der Waals surface area contributed by atoms with E-state index in [9.17, 15) is 4.79 Å². The van der Waals surface area contributed by atoms with Gasteiger partial charge in [0.15, 0.2) is 0 Å². The molecule has 0 spiro atoms. The summed E-state index contributed by atoms with van der Waals surface area (Å²) in [6.45, 7) is 1.68. The van der Waals surface area contributed by atoms with Gasteiger partial charge < -0.3 is 5.11 Å². The molecular weight excluding hydrogens is 196 g/mol. The van der Waals surface area contributed by atoms with Crippen LogP contribution in [-0.2, 0) is 0 Å². The third kappa shape index (κ3) is 1.56. The fourth-order valence-electron chi connectivity index (χ4n) is 1.28. The van der Waals surface area contributed by atoms with Crippen molar-refractivity contribution in [1.82, 2.24) is 19.7 Å². The number of aromatic nitrogens is 4. The lowest BCUT2D eigenvalue weighted by molar-refractivity contribution is 0.0696. The van der Waals surface area contributed by atoms with Crippen LogP contribution < -0.4 is 0 Å². The Morgan fingerprint density at radius 1 is 1.33 bits per heavy atom. The maximum atomic E-state index is 10.8. The second-order valence-corrected chi connectivity index (χ2v) is 2.96. The SMILES string of the molecule is Cc1c(C(=O)O)cnn1-c1cncnc1. The number of carboxylic acid groups (broad SMARTS) is 1. The molecule has 2 aromatic rings. The molecule has 0 aliphatic carbocycles. The molecule has 6 nitrogen and oxygen atoms in total. The summed E-state index contributed by atoms with van der Waals surface area (Å²) in [5, 5.41) is 12.8. The highest BCUT2D eigenvalue weighted by molar-refractivity contribution is 5.88. The van der Waals surface area contributed by atoms with Crippen LogP contribution in [0.15, 0.2) is 24.9 Å². The van der Waals surface area contributed by atoms with Crippen LogP contribution in [0.1, 0.15) is 16.1 Å². The molecule has 0 aliphatic heterocycles. The van der Waals surface area contributed by atoms with Crippen molar-refractivity contribution in [3.05, 3.63) is 36.2 Å². The normalized spacial score (nSPS) is 10.2. The average molecular weight is 204 g/mol. The van der Waals surface area contributed by atoms with Gasteiger partial charge in [-0.3, -0.25) is 0 Å². The Morgan fingerprint density at radius 2 is 2.00 bits per heavy atom. The largest absolute Gasteiger partial charge is 0.478 e. The number of carbonyl (C=O) groups is 1. The summed E-state index contributed by atoms with van der Waals surface area (Å²) in [7, 11) is 0. The van der Waals surface area contributed by atoms with Crippen LogP contribution in [0.25, 0.3) is 5.69 Å². The Kier molecular flexibility index (Phi) is 2.17. The summed E-state index contributed by atoms with van der Waals surface area (Å²) >= 11 is 0. The van der Waals surface area contributed by atoms with Gasteiger partial charge in [-0.15, -0.1) is 0 Å². The predicted molar refractivity (Wildman–Crippen MR) is 50.9 cm³/mol. The van der Waals surface area contributed by atoms with Crippen LogP contribution in [0, 0.1) is 6.92 Å². The van der Waals surface area contributed by atoms with Crippen LogP contribution in [0.2, 0.25) is 0 Å². The lowest BCUT2D eigenvalue weighted by atomic mass is 10.3. The van der Waals surface area contributed by atoms with E-state index in [1.165, 1.54) is 17.2 Å². The minimum Gasteiger partial charge on any atom is -0.478 e. The zero-order valence-corrected chi connectivity index (χ0v) is 7.95. The van der Waals surface area contributed by atoms with Gasteiger partial charge in [0, 0.05) is 0 Å². The van der Waals surface area contributed by atoms with E-state index in [1.54, 1.807) is 19.3 Å². The second kappa shape index (κ2) is 3.49. The van der Waals surface area contributed by atoms with E-state index >= 15 is 0 Å². The summed E-state index contributed by atoms with van der Waals surface area (Å²) in [4.78, 5) is 18.5. The van der Waals surface area contributed by atoms with Gasteiger partial charge in [-0.25, -0.2) is 19.4 Å². The molecule has 6 heteroatoms. The van der Waals surface area contributed by atoms with Gasteiger partial charge in [-0.05, 0) is 6.92 Å². The van der Waals surface area contributed by atoms with Gasteiger partial charge in [-0.1, -0.05) is 0 Å². The van der Waals surface area contributed by atoms with Crippen molar-refractivity contribution in [3.63, 3.8) is 0 Å². The molecular formula is C9H8N4O2. The van der Waals surface area contributed by atoms with Crippen molar-refractivity contribution in [1.29, 1.82) is 0 Å². The summed E-state index contributed by atoms with van der Waals surface area (Å²) < 4.78 is 1.49. The fraction of sp³-hybridized carbons (Fsp3) is 0.111. The molecule has 0 amide bonds. The van der Waals surface area contributed by atoms with Crippen molar-refractivity contribution >= 4 is 5.97 Å². The van der Waals surface area contributed by atoms with E-state index in [0.717, 1.165) is 0 Å². The molecule has 15 heavy (non-hydrogen) atoms. The first-order valence-corrected chi connectivity index (χ1v) is 4.23. The molecule has 0 saturated carbocycles. The van der Waals surface area contributed by atoms with E-state index in [0.29, 0.717) is 11.4 Å². The van der Waals surface area contributed by atoms with Crippen molar-refractivity contribution in [2.24, 2.45) is 0 Å². The van der Waals surface area contributed by atoms with Crippen molar-refractivity contribution in [3.8, 4) is 5.69 Å². The predicted octanol–water partition coefficient (Wildman–Crippen LogP) is 0.669. The van der Waals surface area contributed by atoms with Crippen molar-refractivity contribution < 1.29 is 9.90 Å². The quantitative estimate of drug-likeness (QED) is 0.777. The van der Waals surface area contributed by atoms with Gasteiger partial charge in [0.1, 0.15) is 17.6 Å². The minimum absolute atomic E-state index is 0.179. The Balaban J connectivity index is 2.52. The first kappa shape index (κ1) is 9.32. The molecule has 1 N–H and O–H groups in total. The van der Waals surface area contributed by atoms with Gasteiger partial charge in [0.25, 0.3) is 0 Å². The Morgan fingerprint density at radius 3 is 2.53 bits per heavy atom. The highest BCUT2D eigenvalue weighted by atomic mass is 16.4. The van der Waals surface area contributed by atoms with Gasteiger partial charge in [-0.2, -0.15) is 5.10 Å². The van der Waals surface area contributed by atoms with Gasteiger partial charge >= 0.3 is 5.97 Å². The van der Waals surface area contributed by atoms with E-state index in [4.69, 9.17) is 5.11 Å². The van der Waals surface area contributed by atoms with Crippen LogP contribution >= 0.6 is 0 Å². The number of hydrogen-bond donors (Lipinski definition) is 1. The lowest BCUT2D eigenvalue weighted by Crippen LogP contribution is -2.03. The molecule has 0 aromatic carbocycles. The number of rotatable bonds is 2. The molecule has 76 valence electrons. The Bertz CT molecular complexity index is 492. The van der Waals surface area contributed by atoms with E-state index < -0.39 is 5.97 Å². The smallest absolute Gasteiger partial charge is 0.339 e. The third-order valence-electron chi connectivity index (χ3n) is 2.03. The molecule has 0 bridgehead atoms. The summed E-state index contributed by atoms with van der Waals surface area (Å²) in [5.41, 5.74) is 1.37. The standard InChI is InChI=1S/C9H8N4O2/c1-6-8(9(14)15)4-12-13(6)7-2-10-5-11-3-7/h2-5H,1H3,(H,14,15). The fourth-order valence-corrected chi connectivity index (χ4v) is 1.28. The van der Waals surface area contributed by atoms with Gasteiger partial charge in [0.05, 0.1) is 24.3 Å². The molecule has 0 fully saturated rings. The number of carboxylic acids is 1. The molecule has 0 radical (unpaired) electrons. The maximum absolute atomic E-state index is 10.8. The Labute approximate surface area is 85.2 Å². The molecule has 2 aromatic heterocycles. The van der Waals surface area contributed by atoms with Crippen molar-refractivity contribution in [2.75, 3.05) is 0 Å². The highest BCUT2D eigenvalue weighted by Gasteiger charge is 2.13. The molecule has 0 unspecified atom stereocenters. The molecule has 0 saturated heterocycles. The topological polar surface area (TPSA) is 80.9 Å². The molecule has 2 heterocycles. The Hall–Kier alpha value is -2.24. The summed E-state index contributed by atoms with van der Waals surface area (Å²) in [6.07, 6.45) is 5.85. The monoisotopic (exact) mass is 204 g/mol. The summed E-state index contributed by atoms with van der Waals surface area (Å²) in [5.74, 6) is -0.990. The molecule has 0 aliphatic rings. The van der Waals surface area contributed by atoms with Crippen LogP contribution in [-0.4, -0.2) is 30.8 Å². The van der Waals surface area contributed by atoms with Gasteiger partial charge in [0.2, 0.25) is 0 Å². The van der Waals surface area contributed by atoms with E-state index in [-0.39, 0.29) is 5.56 Å². The van der Waals surface area contributed by atoms with Crippen LogP contribution in [0.3, 0.4) is 0 Å². The number of aromatic carboxylic acids is 1. The zero-order valence-electron chi connectivity index (χ0n) is 7.95. The minimum atomic E-state index is -0.990. The van der Waals surface area contributed by atoms with Crippen LogP contribution in [0.4, 0.5) is 0 Å². The zero-order chi connectivity index (χ0) is 10.8. The van der Waals surface area contributed by atoms with E-state index in [1.807, 2.05) is 0 Å². The average Bonchev–Trinajstić information content (AvgIpc) is 2.61. The molecule has 0 atom stereocenters. The summed E-state index contributed by atoms with van der Waals surface area (Å²) in [6, 6.07) is 0. The lowest BCUT2D eigenvalue weighted by Gasteiger charge is -2.02. The first-order chi connectivity index (χ1) is 7.20. The maximum Gasteiger partial charge on any atom is 0.339 e. The van der Waals surface area contributed by atoms with Crippen molar-refractivity contribution in [2.45, 2.75) is 6.92 Å². The van der Waals surface area contributed by atoms with Crippen LogP contribution in [0.5, 0.6) is 0 Å². The molecule has 2 rings (SSSR count). The highest BCUT2D eigenvalue weighted by Crippen LogP contribution is 2.11. The second-order valence-electron chi connectivity index (χ2n) is 2.96. The third-order valence-corrected chi connectivity index (χ3v) is 2.03.